The maximum atomic E-state index is 2.29. The van der Waals surface area contributed by atoms with Crippen LogP contribution in [0.5, 0.6) is 0 Å². The summed E-state index contributed by atoms with van der Waals surface area (Å²) < 4.78 is 3.03. The summed E-state index contributed by atoms with van der Waals surface area (Å²) in [6.07, 6.45) is 17.5. The molecular formula is C16H34Ag. The van der Waals surface area contributed by atoms with Gasteiger partial charge in [-0.2, -0.15) is 0 Å². The molecule has 0 saturated heterocycles. The van der Waals surface area contributed by atoms with Crippen molar-refractivity contribution in [2.24, 2.45) is 0 Å². The number of rotatable bonds is 14. The van der Waals surface area contributed by atoms with Crippen molar-refractivity contribution < 1.29 is 19.8 Å². The van der Waals surface area contributed by atoms with Crippen molar-refractivity contribution in [3.05, 3.63) is 0 Å². The molecule has 0 radical (unpaired) electrons. The molecule has 0 saturated carbocycles. The molecule has 0 fully saturated rings. The molecule has 0 nitrogen and oxygen atoms in total. The summed E-state index contributed by atoms with van der Waals surface area (Å²) in [5.74, 6) is 0. The summed E-state index contributed by atoms with van der Waals surface area (Å²) in [6, 6.07) is 0. The molecule has 0 aromatic heterocycles. The Bertz CT molecular complexity index is 109. The summed E-state index contributed by atoms with van der Waals surface area (Å²) in [5.41, 5.74) is 0. The first-order valence-corrected chi connectivity index (χ1v) is 9.94. The Hall–Kier alpha value is 0.740. The van der Waals surface area contributed by atoms with Gasteiger partial charge in [-0.25, -0.2) is 0 Å². The van der Waals surface area contributed by atoms with Crippen LogP contribution in [-0.4, -0.2) is 0 Å². The Morgan fingerprint density at radius 1 is 0.471 bits per heavy atom. The van der Waals surface area contributed by atoms with Crippen LogP contribution < -0.4 is 0 Å². The van der Waals surface area contributed by atoms with Gasteiger partial charge in [-0.3, -0.25) is 0 Å². The standard InChI is InChI=1S/2C8H17.Ag/c2*1-3-5-7-8-6-4-2;/h2*1,3-8H2,2H3;. The van der Waals surface area contributed by atoms with E-state index in [2.05, 4.69) is 13.8 Å². The topological polar surface area (TPSA) is 0 Å². The fourth-order valence-corrected chi connectivity index (χ4v) is 3.79. The molecular weight excluding hydrogens is 300 g/mol. The van der Waals surface area contributed by atoms with E-state index >= 15 is 0 Å². The van der Waals surface area contributed by atoms with E-state index in [1.807, 2.05) is 0 Å². The molecule has 0 aromatic carbocycles. The third-order valence-corrected chi connectivity index (χ3v) is 5.23. The molecule has 0 heterocycles. The fourth-order valence-electron chi connectivity index (χ4n) is 1.94. The van der Waals surface area contributed by atoms with Crippen molar-refractivity contribution in [3.8, 4) is 0 Å². The zero-order valence-corrected chi connectivity index (χ0v) is 13.7. The molecule has 109 valence electrons. The van der Waals surface area contributed by atoms with E-state index in [1.165, 1.54) is 106 Å². The quantitative estimate of drug-likeness (QED) is 0.247. The zero-order chi connectivity index (χ0) is 12.6. The third kappa shape index (κ3) is 16.7. The summed E-state index contributed by atoms with van der Waals surface area (Å²) in [7, 11) is 0. The average Bonchev–Trinajstić information content (AvgIpc) is 2.35. The van der Waals surface area contributed by atoms with Crippen molar-refractivity contribution in [3.63, 3.8) is 0 Å². The van der Waals surface area contributed by atoms with Gasteiger partial charge in [-0.05, 0) is 0 Å². The van der Waals surface area contributed by atoms with E-state index in [1.54, 1.807) is 0 Å². The van der Waals surface area contributed by atoms with Crippen LogP contribution in [0.15, 0.2) is 0 Å². The van der Waals surface area contributed by atoms with Crippen molar-refractivity contribution in [2.75, 3.05) is 0 Å². The first-order chi connectivity index (χ1) is 8.41. The first kappa shape index (κ1) is 17.7. The third-order valence-electron chi connectivity index (χ3n) is 3.13. The van der Waals surface area contributed by atoms with Crippen LogP contribution in [0, 0.1) is 0 Å². The molecule has 0 N–H and O–H groups in total. The van der Waals surface area contributed by atoms with Crippen molar-refractivity contribution in [1.29, 1.82) is 0 Å². The van der Waals surface area contributed by atoms with E-state index in [0.717, 1.165) is 0 Å². The monoisotopic (exact) mass is 333 g/mol. The molecule has 0 amide bonds. The Kier molecular flexibility index (Phi) is 17.5. The normalized spacial score (nSPS) is 11.2. The fraction of sp³-hybridized carbons (Fsp3) is 1.00. The van der Waals surface area contributed by atoms with Gasteiger partial charge in [0.1, 0.15) is 0 Å². The maximum absolute atomic E-state index is 2.29. The summed E-state index contributed by atoms with van der Waals surface area (Å²) >= 11 is 1.24. The van der Waals surface area contributed by atoms with E-state index < -0.39 is 0 Å². The predicted molar refractivity (Wildman–Crippen MR) is 76.4 cm³/mol. The first-order valence-electron chi connectivity index (χ1n) is 7.84. The van der Waals surface area contributed by atoms with Gasteiger partial charge in [0, 0.05) is 0 Å². The van der Waals surface area contributed by atoms with Gasteiger partial charge in [0.25, 0.3) is 0 Å². The van der Waals surface area contributed by atoms with Gasteiger partial charge in [-0.15, -0.1) is 0 Å². The Labute approximate surface area is 120 Å². The molecule has 0 bridgehead atoms. The molecule has 0 spiro atoms. The van der Waals surface area contributed by atoms with Crippen LogP contribution >= 0.6 is 0 Å². The average molecular weight is 334 g/mol. The van der Waals surface area contributed by atoms with Gasteiger partial charge in [0.05, 0.1) is 0 Å². The summed E-state index contributed by atoms with van der Waals surface area (Å²) in [5, 5.41) is 0. The predicted octanol–water partition coefficient (Wildman–Crippen LogP) is 6.63. The van der Waals surface area contributed by atoms with E-state index in [-0.39, 0.29) is 0 Å². The Morgan fingerprint density at radius 2 is 0.824 bits per heavy atom. The van der Waals surface area contributed by atoms with Crippen LogP contribution in [0.25, 0.3) is 0 Å². The van der Waals surface area contributed by atoms with Crippen LogP contribution in [0.4, 0.5) is 0 Å². The second-order valence-electron chi connectivity index (χ2n) is 4.99. The number of hydrogen-bond acceptors (Lipinski definition) is 0. The molecule has 0 rings (SSSR count). The molecule has 0 aliphatic carbocycles. The van der Waals surface area contributed by atoms with Crippen LogP contribution in [0.3, 0.4) is 0 Å². The van der Waals surface area contributed by atoms with Crippen molar-refractivity contribution in [1.82, 2.24) is 0 Å². The SMILES string of the molecule is CCCCCCC[CH2][Ag][CH2]CCCCCCC. The Balaban J connectivity index is 2.85. The van der Waals surface area contributed by atoms with Gasteiger partial charge in [0.2, 0.25) is 0 Å². The van der Waals surface area contributed by atoms with Crippen LogP contribution in [-0.2, 0) is 19.8 Å². The molecule has 17 heavy (non-hydrogen) atoms. The molecule has 0 aromatic rings. The molecule has 0 unspecified atom stereocenters. The van der Waals surface area contributed by atoms with Gasteiger partial charge < -0.3 is 0 Å². The van der Waals surface area contributed by atoms with E-state index in [9.17, 15) is 0 Å². The number of hydrogen-bond donors (Lipinski definition) is 0. The van der Waals surface area contributed by atoms with Crippen molar-refractivity contribution in [2.45, 2.75) is 100 Å². The minimum absolute atomic E-state index is 1.24. The second-order valence-corrected chi connectivity index (χ2v) is 7.21. The van der Waals surface area contributed by atoms with Crippen LogP contribution in [0.1, 0.15) is 90.9 Å². The van der Waals surface area contributed by atoms with Crippen molar-refractivity contribution >= 4 is 0 Å². The summed E-state index contributed by atoms with van der Waals surface area (Å²) in [6.45, 7) is 4.59. The van der Waals surface area contributed by atoms with Gasteiger partial charge in [0.15, 0.2) is 0 Å². The van der Waals surface area contributed by atoms with Gasteiger partial charge in [-0.1, -0.05) is 0 Å². The van der Waals surface area contributed by atoms with Crippen LogP contribution in [0.2, 0.25) is 9.28 Å². The molecule has 1 heteroatoms. The minimum atomic E-state index is 1.24. The molecule has 0 atom stereocenters. The summed E-state index contributed by atoms with van der Waals surface area (Å²) in [4.78, 5) is 0. The number of unbranched alkanes of at least 4 members (excludes halogenated alkanes) is 10. The Morgan fingerprint density at radius 3 is 1.24 bits per heavy atom. The van der Waals surface area contributed by atoms with Gasteiger partial charge >= 0.3 is 120 Å². The molecule has 0 aliphatic rings. The molecule has 0 aliphatic heterocycles. The zero-order valence-electron chi connectivity index (χ0n) is 12.2. The van der Waals surface area contributed by atoms with E-state index in [0.29, 0.717) is 0 Å². The van der Waals surface area contributed by atoms with E-state index in [4.69, 9.17) is 0 Å². The second kappa shape index (κ2) is 16.7.